The summed E-state index contributed by atoms with van der Waals surface area (Å²) in [6.45, 7) is 1.49. The number of amides is 1. The van der Waals surface area contributed by atoms with Crippen molar-refractivity contribution < 1.29 is 9.59 Å². The second-order valence-corrected chi connectivity index (χ2v) is 5.89. The Morgan fingerprint density at radius 3 is 2.35 bits per heavy atom. The predicted octanol–water partition coefficient (Wildman–Crippen LogP) is 4.30. The molecule has 0 atom stereocenters. The monoisotopic (exact) mass is 345 g/mol. The quantitative estimate of drug-likeness (QED) is 0.700. The number of hydrogen-bond donors (Lipinski definition) is 1. The van der Waals surface area contributed by atoms with Crippen molar-refractivity contribution in [3.05, 3.63) is 84.2 Å². The number of hydrogen-bond acceptors (Lipinski definition) is 4. The van der Waals surface area contributed by atoms with Crippen molar-refractivity contribution in [2.24, 2.45) is 0 Å². The molecular weight excluding hydrogens is 326 g/mol. The molecule has 0 aliphatic carbocycles. The highest BCUT2D eigenvalue weighted by Crippen LogP contribution is 2.22. The first-order valence-corrected chi connectivity index (χ1v) is 8.22. The molecule has 5 heteroatoms. The first-order chi connectivity index (χ1) is 12.5. The number of ketones is 1. The molecule has 0 saturated heterocycles. The van der Waals surface area contributed by atoms with Gasteiger partial charge in [0.05, 0.1) is 11.9 Å². The molecule has 26 heavy (non-hydrogen) atoms. The van der Waals surface area contributed by atoms with Gasteiger partial charge in [0.15, 0.2) is 5.78 Å². The van der Waals surface area contributed by atoms with Crippen molar-refractivity contribution in [3.8, 4) is 0 Å². The minimum absolute atomic E-state index is 0.0486. The third-order valence-corrected chi connectivity index (χ3v) is 4.04. The van der Waals surface area contributed by atoms with E-state index in [0.29, 0.717) is 16.9 Å². The van der Waals surface area contributed by atoms with Crippen molar-refractivity contribution in [1.82, 2.24) is 4.98 Å². The summed E-state index contributed by atoms with van der Waals surface area (Å²) in [4.78, 5) is 30.1. The smallest absolute Gasteiger partial charge is 0.274 e. The van der Waals surface area contributed by atoms with Crippen LogP contribution in [0.5, 0.6) is 0 Å². The summed E-state index contributed by atoms with van der Waals surface area (Å²) >= 11 is 0. The van der Waals surface area contributed by atoms with Gasteiger partial charge in [-0.1, -0.05) is 30.3 Å². The molecule has 5 nitrogen and oxygen atoms in total. The van der Waals surface area contributed by atoms with Crippen LogP contribution in [0.2, 0.25) is 0 Å². The number of anilines is 3. The molecule has 3 aromatic rings. The number of pyridine rings is 1. The second kappa shape index (κ2) is 7.61. The first-order valence-electron chi connectivity index (χ1n) is 8.22. The lowest BCUT2D eigenvalue weighted by Gasteiger charge is -2.19. The van der Waals surface area contributed by atoms with Crippen LogP contribution in [0, 0.1) is 0 Å². The average molecular weight is 345 g/mol. The van der Waals surface area contributed by atoms with Crippen LogP contribution in [0.1, 0.15) is 27.8 Å². The number of rotatable bonds is 5. The predicted molar refractivity (Wildman–Crippen MR) is 103 cm³/mol. The van der Waals surface area contributed by atoms with Crippen molar-refractivity contribution in [3.63, 3.8) is 0 Å². The van der Waals surface area contributed by atoms with Crippen LogP contribution in [0.4, 0.5) is 17.1 Å². The number of benzene rings is 2. The highest BCUT2D eigenvalue weighted by atomic mass is 16.2. The Hall–Kier alpha value is -3.47. The molecule has 1 N–H and O–H groups in total. The molecule has 2 aromatic carbocycles. The summed E-state index contributed by atoms with van der Waals surface area (Å²) in [6, 6.07) is 20.3. The molecule has 1 heterocycles. The molecular formula is C21H19N3O2. The van der Waals surface area contributed by atoms with Gasteiger partial charge in [-0.3, -0.25) is 9.59 Å². The molecule has 0 aliphatic heterocycles. The zero-order chi connectivity index (χ0) is 18.5. The molecule has 1 amide bonds. The van der Waals surface area contributed by atoms with Gasteiger partial charge in [-0.15, -0.1) is 0 Å². The summed E-state index contributed by atoms with van der Waals surface area (Å²) in [5, 5.41) is 2.77. The Bertz CT molecular complexity index is 922. The summed E-state index contributed by atoms with van der Waals surface area (Å²) in [7, 11) is 1.94. The lowest BCUT2D eigenvalue weighted by atomic mass is 10.1. The van der Waals surface area contributed by atoms with E-state index in [1.54, 1.807) is 36.5 Å². The molecule has 0 spiro atoms. The third-order valence-electron chi connectivity index (χ3n) is 4.04. The van der Waals surface area contributed by atoms with E-state index < -0.39 is 0 Å². The van der Waals surface area contributed by atoms with Gasteiger partial charge in [0, 0.05) is 24.0 Å². The van der Waals surface area contributed by atoms with Gasteiger partial charge in [-0.25, -0.2) is 4.98 Å². The number of nitrogens with zero attached hydrogens (tertiary/aromatic N) is 2. The highest BCUT2D eigenvalue weighted by molar-refractivity contribution is 6.04. The maximum Gasteiger partial charge on any atom is 0.274 e. The third kappa shape index (κ3) is 3.95. The summed E-state index contributed by atoms with van der Waals surface area (Å²) in [6.07, 6.45) is 1.66. The van der Waals surface area contributed by atoms with Crippen LogP contribution in [-0.2, 0) is 0 Å². The van der Waals surface area contributed by atoms with Crippen LogP contribution >= 0.6 is 0 Å². The maximum atomic E-state index is 12.4. The molecule has 130 valence electrons. The fourth-order valence-electron chi connectivity index (χ4n) is 2.53. The molecule has 0 bridgehead atoms. The number of carbonyl (C=O) groups excluding carboxylic acids is 2. The standard InChI is InChI=1S/C21H19N3O2/c1-15(25)16-7-6-8-17(13-16)23-21(26)20-12-11-19(14-22-20)24(2)18-9-4-3-5-10-18/h3-14H,1-2H3,(H,23,26). The number of Topliss-reactive ketones (excluding diaryl/α,β-unsaturated/α-hetero) is 1. The molecule has 0 radical (unpaired) electrons. The average Bonchev–Trinajstić information content (AvgIpc) is 2.68. The minimum Gasteiger partial charge on any atom is -0.343 e. The molecule has 1 aromatic heterocycles. The van der Waals surface area contributed by atoms with E-state index in [4.69, 9.17) is 0 Å². The van der Waals surface area contributed by atoms with Gasteiger partial charge >= 0.3 is 0 Å². The fraction of sp³-hybridized carbons (Fsp3) is 0.0952. The van der Waals surface area contributed by atoms with Gasteiger partial charge in [0.2, 0.25) is 0 Å². The number of carbonyl (C=O) groups is 2. The Balaban J connectivity index is 1.73. The van der Waals surface area contributed by atoms with Gasteiger partial charge in [-0.2, -0.15) is 0 Å². The van der Waals surface area contributed by atoms with Crippen LogP contribution in [-0.4, -0.2) is 23.7 Å². The van der Waals surface area contributed by atoms with Crippen LogP contribution in [0.3, 0.4) is 0 Å². The normalized spacial score (nSPS) is 10.2. The van der Waals surface area contributed by atoms with E-state index in [2.05, 4.69) is 10.3 Å². The van der Waals surface area contributed by atoms with Crippen molar-refractivity contribution in [2.45, 2.75) is 6.92 Å². The molecule has 0 saturated carbocycles. The zero-order valence-corrected chi connectivity index (χ0v) is 14.6. The molecule has 3 rings (SSSR count). The molecule has 0 unspecified atom stereocenters. The first kappa shape index (κ1) is 17.4. The summed E-state index contributed by atoms with van der Waals surface area (Å²) in [5.74, 6) is -0.368. The lowest BCUT2D eigenvalue weighted by Crippen LogP contribution is -2.15. The van der Waals surface area contributed by atoms with E-state index in [1.165, 1.54) is 6.92 Å². The Morgan fingerprint density at radius 1 is 0.923 bits per heavy atom. The van der Waals surface area contributed by atoms with E-state index in [9.17, 15) is 9.59 Å². The van der Waals surface area contributed by atoms with E-state index in [-0.39, 0.29) is 11.7 Å². The highest BCUT2D eigenvalue weighted by Gasteiger charge is 2.10. The summed E-state index contributed by atoms with van der Waals surface area (Å²) < 4.78 is 0. The summed E-state index contributed by atoms with van der Waals surface area (Å²) in [5.41, 5.74) is 3.34. The van der Waals surface area contributed by atoms with Crippen molar-refractivity contribution >= 4 is 28.8 Å². The molecule has 0 aliphatic rings. The van der Waals surface area contributed by atoms with Gasteiger partial charge in [0.25, 0.3) is 5.91 Å². The second-order valence-electron chi connectivity index (χ2n) is 5.89. The van der Waals surface area contributed by atoms with Gasteiger partial charge < -0.3 is 10.2 Å². The lowest BCUT2D eigenvalue weighted by molar-refractivity contribution is 0.100. The topological polar surface area (TPSA) is 62.3 Å². The largest absolute Gasteiger partial charge is 0.343 e. The van der Waals surface area contributed by atoms with Crippen molar-refractivity contribution in [1.29, 1.82) is 0 Å². The van der Waals surface area contributed by atoms with Gasteiger partial charge in [0.1, 0.15) is 5.69 Å². The van der Waals surface area contributed by atoms with E-state index >= 15 is 0 Å². The van der Waals surface area contributed by atoms with Gasteiger partial charge in [-0.05, 0) is 43.3 Å². The molecule has 0 fully saturated rings. The van der Waals surface area contributed by atoms with Crippen molar-refractivity contribution in [2.75, 3.05) is 17.3 Å². The number of para-hydroxylation sites is 1. The number of nitrogens with one attached hydrogen (secondary N) is 1. The SMILES string of the molecule is CC(=O)c1cccc(NC(=O)c2ccc(N(C)c3ccccc3)cn2)c1. The Morgan fingerprint density at radius 2 is 1.69 bits per heavy atom. The fourth-order valence-corrected chi connectivity index (χ4v) is 2.53. The number of aromatic nitrogens is 1. The van der Waals surface area contributed by atoms with Crippen LogP contribution in [0.15, 0.2) is 72.9 Å². The van der Waals surface area contributed by atoms with E-state index in [1.807, 2.05) is 48.3 Å². The van der Waals surface area contributed by atoms with Crippen LogP contribution in [0.25, 0.3) is 0 Å². The maximum absolute atomic E-state index is 12.4. The minimum atomic E-state index is -0.320. The van der Waals surface area contributed by atoms with E-state index in [0.717, 1.165) is 11.4 Å². The Labute approximate surface area is 152 Å². The zero-order valence-electron chi connectivity index (χ0n) is 14.6. The van der Waals surface area contributed by atoms with Crippen LogP contribution < -0.4 is 10.2 Å². The Kier molecular flexibility index (Phi) is 5.08.